The van der Waals surface area contributed by atoms with Gasteiger partial charge in [-0.15, -0.1) is 0 Å². The highest BCUT2D eigenvalue weighted by Gasteiger charge is 2.33. The number of rotatable bonds is 4. The summed E-state index contributed by atoms with van der Waals surface area (Å²) in [5, 5.41) is 2.90. The molecule has 0 spiro atoms. The Hall–Kier alpha value is -2.19. The highest BCUT2D eigenvalue weighted by molar-refractivity contribution is 8.15. The van der Waals surface area contributed by atoms with Crippen molar-refractivity contribution in [3.63, 3.8) is 0 Å². The van der Waals surface area contributed by atoms with E-state index in [1.54, 1.807) is 24.3 Å². The molecule has 7 nitrogen and oxygen atoms in total. The third-order valence-corrected chi connectivity index (χ3v) is 5.15. The standard InChI is InChI=1S/C17H19N3O4S/c1-11(21)12-3-2-4-13(9-12)18-15(22)10-14-16(23)19-17(25-14)20-5-7-24-8-6-20/h2-4,9,14H,5-8,10H2,1H3,(H,18,22). The van der Waals surface area contributed by atoms with Gasteiger partial charge in [-0.3, -0.25) is 14.4 Å². The summed E-state index contributed by atoms with van der Waals surface area (Å²) in [7, 11) is 0. The molecule has 1 aromatic rings. The van der Waals surface area contributed by atoms with Crippen molar-refractivity contribution in [3.05, 3.63) is 29.8 Å². The lowest BCUT2D eigenvalue weighted by Crippen LogP contribution is -2.39. The van der Waals surface area contributed by atoms with Crippen molar-refractivity contribution in [3.8, 4) is 0 Å². The van der Waals surface area contributed by atoms with E-state index in [1.807, 2.05) is 4.90 Å². The Kier molecular flexibility index (Phi) is 5.50. The minimum Gasteiger partial charge on any atom is -0.378 e. The minimum absolute atomic E-state index is 0.0468. The summed E-state index contributed by atoms with van der Waals surface area (Å²) in [6, 6.07) is 6.74. The van der Waals surface area contributed by atoms with Crippen molar-refractivity contribution >= 4 is 40.2 Å². The quantitative estimate of drug-likeness (QED) is 0.819. The predicted octanol–water partition coefficient (Wildman–Crippen LogP) is 1.55. The number of hydrogen-bond donors (Lipinski definition) is 1. The summed E-state index contributed by atoms with van der Waals surface area (Å²) in [5.74, 6) is -0.620. The van der Waals surface area contributed by atoms with E-state index in [2.05, 4.69) is 10.3 Å². The molecule has 25 heavy (non-hydrogen) atoms. The molecule has 132 valence electrons. The van der Waals surface area contributed by atoms with Gasteiger partial charge in [-0.05, 0) is 19.1 Å². The van der Waals surface area contributed by atoms with Gasteiger partial charge in [-0.1, -0.05) is 23.9 Å². The van der Waals surface area contributed by atoms with Gasteiger partial charge in [0.2, 0.25) is 5.91 Å². The number of nitrogens with zero attached hydrogens (tertiary/aromatic N) is 2. The molecule has 1 atom stereocenters. The molecule has 0 aromatic heterocycles. The second-order valence-electron chi connectivity index (χ2n) is 5.83. The molecule has 1 N–H and O–H groups in total. The van der Waals surface area contributed by atoms with E-state index in [0.29, 0.717) is 42.7 Å². The number of ketones is 1. The first-order valence-electron chi connectivity index (χ1n) is 8.05. The fraction of sp³-hybridized carbons (Fsp3) is 0.412. The fourth-order valence-corrected chi connectivity index (χ4v) is 3.71. The van der Waals surface area contributed by atoms with Gasteiger partial charge in [0, 0.05) is 30.8 Å². The molecule has 0 radical (unpaired) electrons. The number of thioether (sulfide) groups is 1. The first kappa shape index (κ1) is 17.6. The van der Waals surface area contributed by atoms with Crippen LogP contribution in [0, 0.1) is 0 Å². The Bertz CT molecular complexity index is 728. The maximum absolute atomic E-state index is 12.2. The number of Topliss-reactive ketones (excluding diaryl/α,β-unsaturated/α-hetero) is 1. The molecule has 0 aliphatic carbocycles. The summed E-state index contributed by atoms with van der Waals surface area (Å²) in [6.45, 7) is 4.11. The SMILES string of the molecule is CC(=O)c1cccc(NC(=O)CC2SC(N3CCOCC3)=NC2=O)c1. The molecule has 2 aliphatic heterocycles. The predicted molar refractivity (Wildman–Crippen MR) is 95.9 cm³/mol. The van der Waals surface area contributed by atoms with E-state index >= 15 is 0 Å². The van der Waals surface area contributed by atoms with E-state index in [4.69, 9.17) is 4.74 Å². The molecule has 1 unspecified atom stereocenters. The van der Waals surface area contributed by atoms with E-state index < -0.39 is 5.25 Å². The zero-order valence-electron chi connectivity index (χ0n) is 13.9. The topological polar surface area (TPSA) is 88.1 Å². The third-order valence-electron chi connectivity index (χ3n) is 3.93. The fourth-order valence-electron chi connectivity index (χ4n) is 2.60. The Morgan fingerprint density at radius 1 is 1.36 bits per heavy atom. The van der Waals surface area contributed by atoms with Crippen molar-refractivity contribution in [1.82, 2.24) is 4.90 Å². The number of nitrogens with one attached hydrogen (secondary N) is 1. The van der Waals surface area contributed by atoms with Gasteiger partial charge < -0.3 is 15.0 Å². The number of anilines is 1. The van der Waals surface area contributed by atoms with Crippen LogP contribution in [0.4, 0.5) is 5.69 Å². The van der Waals surface area contributed by atoms with E-state index in [1.165, 1.54) is 18.7 Å². The number of carbonyl (C=O) groups excluding carboxylic acids is 3. The Labute approximate surface area is 149 Å². The third kappa shape index (κ3) is 4.46. The van der Waals surface area contributed by atoms with Gasteiger partial charge in [-0.2, -0.15) is 4.99 Å². The summed E-state index contributed by atoms with van der Waals surface area (Å²) < 4.78 is 5.29. The average Bonchev–Trinajstić information content (AvgIpc) is 2.96. The number of benzene rings is 1. The molecular formula is C17H19N3O4S. The number of amides is 2. The molecular weight excluding hydrogens is 342 g/mol. The van der Waals surface area contributed by atoms with Gasteiger partial charge >= 0.3 is 0 Å². The number of ether oxygens (including phenoxy) is 1. The van der Waals surface area contributed by atoms with Gasteiger partial charge in [0.25, 0.3) is 5.91 Å². The number of hydrogen-bond acceptors (Lipinski definition) is 6. The van der Waals surface area contributed by atoms with Crippen LogP contribution < -0.4 is 5.32 Å². The van der Waals surface area contributed by atoms with Crippen molar-refractivity contribution in [2.45, 2.75) is 18.6 Å². The van der Waals surface area contributed by atoms with Crippen LogP contribution in [-0.4, -0.2) is 59.2 Å². The molecule has 8 heteroatoms. The van der Waals surface area contributed by atoms with Crippen LogP contribution in [0.25, 0.3) is 0 Å². The Morgan fingerprint density at radius 2 is 2.12 bits per heavy atom. The van der Waals surface area contributed by atoms with Crippen LogP contribution in [0.5, 0.6) is 0 Å². The molecule has 0 saturated carbocycles. The monoisotopic (exact) mass is 361 g/mol. The van der Waals surface area contributed by atoms with Crippen LogP contribution in [0.3, 0.4) is 0 Å². The van der Waals surface area contributed by atoms with Crippen molar-refractivity contribution in [2.75, 3.05) is 31.6 Å². The summed E-state index contributed by atoms with van der Waals surface area (Å²) in [4.78, 5) is 41.8. The van der Waals surface area contributed by atoms with Gasteiger partial charge in [0.1, 0.15) is 5.25 Å². The molecule has 2 aliphatic rings. The zero-order chi connectivity index (χ0) is 17.8. The van der Waals surface area contributed by atoms with Gasteiger partial charge in [0.05, 0.1) is 13.2 Å². The van der Waals surface area contributed by atoms with Crippen molar-refractivity contribution < 1.29 is 19.1 Å². The first-order valence-corrected chi connectivity index (χ1v) is 8.93. The number of amidine groups is 1. The molecule has 1 saturated heterocycles. The maximum Gasteiger partial charge on any atom is 0.262 e. The smallest absolute Gasteiger partial charge is 0.262 e. The van der Waals surface area contributed by atoms with Crippen LogP contribution in [0.2, 0.25) is 0 Å². The highest BCUT2D eigenvalue weighted by atomic mass is 32.2. The lowest BCUT2D eigenvalue weighted by Gasteiger charge is -2.27. The lowest BCUT2D eigenvalue weighted by molar-refractivity contribution is -0.121. The van der Waals surface area contributed by atoms with Crippen LogP contribution in [-0.2, 0) is 14.3 Å². The maximum atomic E-state index is 12.2. The number of morpholine rings is 1. The number of carbonyl (C=O) groups is 3. The lowest BCUT2D eigenvalue weighted by atomic mass is 10.1. The largest absolute Gasteiger partial charge is 0.378 e. The van der Waals surface area contributed by atoms with Crippen LogP contribution in [0.15, 0.2) is 29.3 Å². The zero-order valence-corrected chi connectivity index (χ0v) is 14.7. The first-order chi connectivity index (χ1) is 12.0. The van der Waals surface area contributed by atoms with Crippen LogP contribution >= 0.6 is 11.8 Å². The summed E-state index contributed by atoms with van der Waals surface area (Å²) in [5.41, 5.74) is 1.07. The van der Waals surface area contributed by atoms with E-state index in [9.17, 15) is 14.4 Å². The molecule has 0 bridgehead atoms. The second kappa shape index (κ2) is 7.79. The molecule has 1 aromatic carbocycles. The molecule has 2 heterocycles. The van der Waals surface area contributed by atoms with Gasteiger partial charge in [-0.25, -0.2) is 0 Å². The van der Waals surface area contributed by atoms with Crippen molar-refractivity contribution in [2.24, 2.45) is 4.99 Å². The molecule has 3 rings (SSSR count). The minimum atomic E-state index is -0.506. The van der Waals surface area contributed by atoms with Crippen molar-refractivity contribution in [1.29, 1.82) is 0 Å². The Morgan fingerprint density at radius 3 is 2.84 bits per heavy atom. The van der Waals surface area contributed by atoms with Gasteiger partial charge in [0.15, 0.2) is 11.0 Å². The number of aliphatic imine (C=N–C) groups is 1. The second-order valence-corrected chi connectivity index (χ2v) is 7.00. The van der Waals surface area contributed by atoms with Crippen LogP contribution in [0.1, 0.15) is 23.7 Å². The Balaban J connectivity index is 1.56. The van der Waals surface area contributed by atoms with E-state index in [-0.39, 0.29) is 24.0 Å². The average molecular weight is 361 g/mol. The summed E-state index contributed by atoms with van der Waals surface area (Å²) >= 11 is 1.33. The summed E-state index contributed by atoms with van der Waals surface area (Å²) in [6.07, 6.45) is 0.0468. The normalized spacial score (nSPS) is 20.4. The van der Waals surface area contributed by atoms with E-state index in [0.717, 1.165) is 0 Å². The highest BCUT2D eigenvalue weighted by Crippen LogP contribution is 2.28. The molecule has 1 fully saturated rings. The molecule has 2 amide bonds.